The number of esters is 1. The summed E-state index contributed by atoms with van der Waals surface area (Å²) < 4.78 is 55.1. The zero-order valence-corrected chi connectivity index (χ0v) is 24.6. The summed E-state index contributed by atoms with van der Waals surface area (Å²) in [5.74, 6) is -0.746. The van der Waals surface area contributed by atoms with Crippen LogP contribution in [0.3, 0.4) is 0 Å². The number of alkyl halides is 3. The molecule has 1 N–H and O–H groups in total. The molecule has 2 aromatic rings. The van der Waals surface area contributed by atoms with Crippen molar-refractivity contribution in [2.24, 2.45) is 4.99 Å². The topological polar surface area (TPSA) is 58.9 Å². The van der Waals surface area contributed by atoms with Gasteiger partial charge in [-0.2, -0.15) is 13.2 Å². The molecule has 8 heteroatoms. The minimum Gasteiger partial charge on any atom is -0.506 e. The molecule has 0 radical (unpaired) electrons. The van der Waals surface area contributed by atoms with Crippen LogP contribution in [0.2, 0.25) is 0 Å². The second kappa shape index (κ2) is 17.9. The van der Waals surface area contributed by atoms with Gasteiger partial charge < -0.3 is 9.84 Å². The highest BCUT2D eigenvalue weighted by Gasteiger charge is 2.30. The van der Waals surface area contributed by atoms with Gasteiger partial charge in [0.1, 0.15) is 11.6 Å². The normalized spacial score (nSPS) is 13.6. The molecule has 4 nitrogen and oxygen atoms in total. The van der Waals surface area contributed by atoms with Crippen LogP contribution in [0.5, 0.6) is 0 Å². The second-order valence-electron chi connectivity index (χ2n) is 9.39. The molecule has 0 spiro atoms. The van der Waals surface area contributed by atoms with Gasteiger partial charge in [0.05, 0.1) is 23.9 Å². The molecule has 0 amide bonds. The van der Waals surface area contributed by atoms with Crippen molar-refractivity contribution < 1.29 is 32.2 Å². The summed E-state index contributed by atoms with van der Waals surface area (Å²) in [4.78, 5) is 15.6. The van der Waals surface area contributed by atoms with Gasteiger partial charge in [-0.1, -0.05) is 32.6 Å². The maximum atomic E-state index is 13.5. The third-order valence-electron chi connectivity index (χ3n) is 6.26. The largest absolute Gasteiger partial charge is 0.506 e. The lowest BCUT2D eigenvalue weighted by Crippen LogP contribution is -2.06. The fraction of sp³-hybridized carbons (Fsp3) is 0.394. The number of ether oxygens (including phenoxy) is 1. The van der Waals surface area contributed by atoms with Crippen LogP contribution in [0.15, 0.2) is 72.1 Å². The van der Waals surface area contributed by atoms with E-state index in [4.69, 9.17) is 9.84 Å². The van der Waals surface area contributed by atoms with E-state index in [1.807, 2.05) is 20.8 Å². The number of rotatable bonds is 7. The number of allylic oxidation sites excluding steroid dienone is 3. The van der Waals surface area contributed by atoms with Crippen molar-refractivity contribution in [1.82, 2.24) is 0 Å². The van der Waals surface area contributed by atoms with Gasteiger partial charge in [0.2, 0.25) is 0 Å². The highest BCUT2D eigenvalue weighted by Crippen LogP contribution is 2.30. The number of hydrogen-bond donors (Lipinski definition) is 1. The molecule has 0 aromatic heterocycles. The molecular weight excluding hydrogens is 534 g/mol. The first-order valence-electron chi connectivity index (χ1n) is 13.7. The zero-order valence-electron chi connectivity index (χ0n) is 24.6. The van der Waals surface area contributed by atoms with Crippen molar-refractivity contribution in [3.63, 3.8) is 0 Å². The number of aliphatic hydroxyl groups excluding tert-OH is 1. The van der Waals surface area contributed by atoms with Gasteiger partial charge in [0.25, 0.3) is 0 Å². The molecule has 0 atom stereocenters. The van der Waals surface area contributed by atoms with E-state index in [-0.39, 0.29) is 11.6 Å². The average Bonchev–Trinajstić information content (AvgIpc) is 2.96. The number of nitrogens with zero attached hydrogens (tertiary/aromatic N) is 1. The smallest absolute Gasteiger partial charge is 0.416 e. The van der Waals surface area contributed by atoms with Gasteiger partial charge in [0.15, 0.2) is 0 Å². The van der Waals surface area contributed by atoms with E-state index in [9.17, 15) is 22.4 Å². The lowest BCUT2D eigenvalue weighted by molar-refractivity contribution is -0.137. The van der Waals surface area contributed by atoms with E-state index in [0.717, 1.165) is 60.6 Å². The first-order chi connectivity index (χ1) is 19.4. The minimum absolute atomic E-state index is 0.104. The molecule has 0 fully saturated rings. The molecule has 1 aliphatic carbocycles. The van der Waals surface area contributed by atoms with E-state index >= 15 is 0 Å². The lowest BCUT2D eigenvalue weighted by atomic mass is 9.93. The van der Waals surface area contributed by atoms with Crippen molar-refractivity contribution in [3.05, 3.63) is 101 Å². The van der Waals surface area contributed by atoms with E-state index in [1.165, 1.54) is 43.0 Å². The third kappa shape index (κ3) is 13.0. The van der Waals surface area contributed by atoms with Gasteiger partial charge in [-0.15, -0.1) is 0 Å². The summed E-state index contributed by atoms with van der Waals surface area (Å²) in [5, 5.41) is 8.84. The Hall–Kier alpha value is -3.68. The van der Waals surface area contributed by atoms with Crippen LogP contribution < -0.4 is 0 Å². The molecule has 0 unspecified atom stereocenters. The van der Waals surface area contributed by atoms with Crippen LogP contribution in [-0.4, -0.2) is 23.4 Å². The summed E-state index contributed by atoms with van der Waals surface area (Å²) in [5.41, 5.74) is 4.32. The Labute approximate surface area is 241 Å². The van der Waals surface area contributed by atoms with Crippen LogP contribution >= 0.6 is 0 Å². The molecule has 224 valence electrons. The maximum Gasteiger partial charge on any atom is 0.416 e. The first kappa shape index (κ1) is 35.3. The van der Waals surface area contributed by atoms with Gasteiger partial charge in [-0.3, -0.25) is 4.99 Å². The Morgan fingerprint density at radius 2 is 1.83 bits per heavy atom. The summed E-state index contributed by atoms with van der Waals surface area (Å²) in [6.45, 7) is 13.0. The number of carbonyl (C=O) groups excluding carboxylic acids is 1. The SMILES string of the molecule is C=C/C(O)=C\N=C(C)CC.CCOC(=O)c1cc(F)cc(C2=CCCCC2)c1.CCc1ccc(C(F)(F)F)cc1C. The molecule has 0 saturated heterocycles. The first-order valence-corrected chi connectivity index (χ1v) is 13.7. The van der Waals surface area contributed by atoms with Crippen LogP contribution in [-0.2, 0) is 17.3 Å². The summed E-state index contributed by atoms with van der Waals surface area (Å²) >= 11 is 0. The second-order valence-corrected chi connectivity index (χ2v) is 9.39. The number of benzene rings is 2. The molecular formula is C33H41F4NO3. The van der Waals surface area contributed by atoms with Crippen molar-refractivity contribution >= 4 is 17.3 Å². The lowest BCUT2D eigenvalue weighted by Gasteiger charge is -2.14. The fourth-order valence-corrected chi connectivity index (χ4v) is 3.80. The summed E-state index contributed by atoms with van der Waals surface area (Å²) in [7, 11) is 0. The predicted molar refractivity (Wildman–Crippen MR) is 159 cm³/mol. The van der Waals surface area contributed by atoms with Crippen molar-refractivity contribution in [2.75, 3.05) is 6.61 Å². The quantitative estimate of drug-likeness (QED) is 0.118. The number of halogens is 4. The monoisotopic (exact) mass is 575 g/mol. The molecule has 0 aliphatic heterocycles. The van der Waals surface area contributed by atoms with Crippen LogP contribution in [0.1, 0.15) is 92.4 Å². The van der Waals surface area contributed by atoms with E-state index in [0.29, 0.717) is 17.7 Å². The van der Waals surface area contributed by atoms with Crippen LogP contribution in [0, 0.1) is 12.7 Å². The Balaban J connectivity index is 0.000000324. The Bertz CT molecular complexity index is 1240. The molecule has 0 heterocycles. The highest BCUT2D eigenvalue weighted by atomic mass is 19.4. The minimum atomic E-state index is -4.23. The van der Waals surface area contributed by atoms with Gasteiger partial charge in [0, 0.05) is 5.71 Å². The van der Waals surface area contributed by atoms with Crippen LogP contribution in [0.25, 0.3) is 5.57 Å². The standard InChI is InChI=1S/C15H17FO2.C10H11F3.C8H13NO/c1-2-18-15(17)13-8-12(9-14(16)10-13)11-6-4-3-5-7-11;1-3-8-4-5-9(6-7(8)2)10(11,12)13;1-4-7(3)9-6-8(10)5-2/h6,8-10H,2-5,7H2,1H3;4-6H,3H2,1-2H3;5-6,10H,2,4H2,1,3H3/b;;8-6+,9-7?. The maximum absolute atomic E-state index is 13.5. The number of carbonyl (C=O) groups is 1. The number of aliphatic hydroxyl groups is 1. The predicted octanol–water partition coefficient (Wildman–Crippen LogP) is 9.98. The van der Waals surface area contributed by atoms with Gasteiger partial charge in [-0.25, -0.2) is 9.18 Å². The molecule has 1 aliphatic rings. The molecule has 41 heavy (non-hydrogen) atoms. The number of hydrogen-bond acceptors (Lipinski definition) is 4. The summed E-state index contributed by atoms with van der Waals surface area (Å²) in [6, 6.07) is 8.30. The van der Waals surface area contributed by atoms with E-state index in [1.54, 1.807) is 19.9 Å². The van der Waals surface area contributed by atoms with Crippen molar-refractivity contribution in [2.45, 2.75) is 79.3 Å². The van der Waals surface area contributed by atoms with Gasteiger partial charge >= 0.3 is 12.1 Å². The number of aryl methyl sites for hydroxylation is 2. The summed E-state index contributed by atoms with van der Waals surface area (Å²) in [6.07, 6.45) is 6.61. The molecule has 0 saturated carbocycles. The number of aliphatic imine (C=N–C) groups is 1. The Morgan fingerprint density at radius 1 is 1.12 bits per heavy atom. The highest BCUT2D eigenvalue weighted by molar-refractivity contribution is 5.90. The average molecular weight is 576 g/mol. The van der Waals surface area contributed by atoms with Gasteiger partial charge in [-0.05, 0) is 118 Å². The van der Waals surface area contributed by atoms with E-state index in [2.05, 4.69) is 17.6 Å². The van der Waals surface area contributed by atoms with Crippen molar-refractivity contribution in [1.29, 1.82) is 0 Å². The van der Waals surface area contributed by atoms with Crippen LogP contribution in [0.4, 0.5) is 17.6 Å². The third-order valence-corrected chi connectivity index (χ3v) is 6.26. The zero-order chi connectivity index (χ0) is 31.0. The molecule has 2 aromatic carbocycles. The molecule has 0 bridgehead atoms. The van der Waals surface area contributed by atoms with Crippen molar-refractivity contribution in [3.8, 4) is 0 Å². The fourth-order valence-electron chi connectivity index (χ4n) is 3.80. The molecule has 3 rings (SSSR count). The van der Waals surface area contributed by atoms with E-state index < -0.39 is 17.7 Å². The Kier molecular flexibility index (Phi) is 15.4. The Morgan fingerprint density at radius 3 is 2.34 bits per heavy atom.